The number of hydrogen-bond acceptors (Lipinski definition) is 9. The molecule has 11 heteroatoms. The van der Waals surface area contributed by atoms with Gasteiger partial charge in [0.15, 0.2) is 12.2 Å². The van der Waals surface area contributed by atoms with Crippen LogP contribution in [0.2, 0.25) is 0 Å². The molecule has 0 aliphatic carbocycles. The molecule has 2 amide bonds. The Labute approximate surface area is 243 Å². The number of imide groups is 1. The normalized spacial score (nSPS) is 23.5. The van der Waals surface area contributed by atoms with Crippen molar-refractivity contribution in [3.8, 4) is 0 Å². The molecular weight excluding hydrogens is 598 g/mol. The summed E-state index contributed by atoms with van der Waals surface area (Å²) in [6.45, 7) is 0.758. The quantitative estimate of drug-likeness (QED) is 0.168. The van der Waals surface area contributed by atoms with Gasteiger partial charge in [-0.1, -0.05) is 64.5 Å². The first-order valence-electron chi connectivity index (χ1n) is 12.7. The van der Waals surface area contributed by atoms with Crippen LogP contribution >= 0.6 is 15.9 Å². The summed E-state index contributed by atoms with van der Waals surface area (Å²) in [6, 6.07) is 21.4. The minimum absolute atomic E-state index is 0.176. The number of hydrogen-bond donors (Lipinski definition) is 0. The lowest BCUT2D eigenvalue weighted by molar-refractivity contribution is -0.200. The number of alkyl halides is 1. The number of fused-ring (bicyclic) bond motifs is 1. The van der Waals surface area contributed by atoms with Crippen LogP contribution in [0.4, 0.5) is 0 Å². The number of nitrogens with zero attached hydrogens (tertiary/aromatic N) is 1. The maximum atomic E-state index is 13.4. The minimum atomic E-state index is -1.38. The van der Waals surface area contributed by atoms with E-state index in [1.54, 1.807) is 60.7 Å². The molecule has 3 aromatic rings. The zero-order valence-electron chi connectivity index (χ0n) is 21.7. The molecule has 0 saturated carbocycles. The van der Waals surface area contributed by atoms with Gasteiger partial charge in [0, 0.05) is 6.92 Å². The van der Waals surface area contributed by atoms with Crippen molar-refractivity contribution in [1.29, 1.82) is 0 Å². The summed E-state index contributed by atoms with van der Waals surface area (Å²) in [6.07, 6.45) is -3.89. The van der Waals surface area contributed by atoms with Crippen molar-refractivity contribution in [3.05, 3.63) is 107 Å². The molecule has 0 spiro atoms. The second kappa shape index (κ2) is 12.0. The molecule has 210 valence electrons. The van der Waals surface area contributed by atoms with Gasteiger partial charge in [-0.15, -0.1) is 0 Å². The van der Waals surface area contributed by atoms with Crippen LogP contribution in [-0.2, 0) is 23.7 Å². The average molecular weight is 622 g/mol. The second-order valence-electron chi connectivity index (χ2n) is 9.32. The zero-order valence-corrected chi connectivity index (χ0v) is 23.3. The summed E-state index contributed by atoms with van der Waals surface area (Å²) < 4.78 is 23.0. The third kappa shape index (κ3) is 5.77. The van der Waals surface area contributed by atoms with Crippen LogP contribution in [0.1, 0.15) is 48.4 Å². The molecule has 0 N–H and O–H groups in total. The number of carbonyl (C=O) groups is 5. The Kier molecular flexibility index (Phi) is 8.27. The van der Waals surface area contributed by atoms with Crippen LogP contribution in [0.5, 0.6) is 0 Å². The third-order valence-corrected chi connectivity index (χ3v) is 7.42. The standard InChI is InChI=1S/C30H24BrNO9/c1-17(33)39-25-23(32-27(34)20-14-8-9-15-21(20)28(32)35)26(31)40-22(16-38-29(36)18-10-4-2-5-11-18)24(25)41-30(37)19-12-6-3-7-13-19/h2-15,22-26H,16H2,1H3/t22-,23-,24-,25-,26+/m1/s1. The van der Waals surface area contributed by atoms with Gasteiger partial charge in [0.1, 0.15) is 23.8 Å². The Hall–Kier alpha value is -4.35. The highest BCUT2D eigenvalue weighted by molar-refractivity contribution is 9.09. The van der Waals surface area contributed by atoms with Crippen molar-refractivity contribution in [1.82, 2.24) is 4.90 Å². The van der Waals surface area contributed by atoms with Gasteiger partial charge in [-0.3, -0.25) is 19.3 Å². The Morgan fingerprint density at radius 2 is 1.27 bits per heavy atom. The van der Waals surface area contributed by atoms with Crippen LogP contribution < -0.4 is 0 Å². The molecule has 5 rings (SSSR count). The predicted molar refractivity (Wildman–Crippen MR) is 146 cm³/mol. The van der Waals surface area contributed by atoms with Gasteiger partial charge in [0.25, 0.3) is 11.8 Å². The molecule has 5 atom stereocenters. The highest BCUT2D eigenvalue weighted by Gasteiger charge is 2.56. The largest absolute Gasteiger partial charge is 0.459 e. The summed E-state index contributed by atoms with van der Waals surface area (Å²) in [7, 11) is 0. The summed E-state index contributed by atoms with van der Waals surface area (Å²) in [4.78, 5) is 65.9. The molecule has 2 aliphatic heterocycles. The van der Waals surface area contributed by atoms with Gasteiger partial charge in [-0.2, -0.15) is 0 Å². The lowest BCUT2D eigenvalue weighted by Crippen LogP contribution is -2.65. The van der Waals surface area contributed by atoms with Crippen LogP contribution in [0.25, 0.3) is 0 Å². The lowest BCUT2D eigenvalue weighted by Gasteiger charge is -2.45. The molecule has 3 aromatic carbocycles. The van der Waals surface area contributed by atoms with E-state index in [9.17, 15) is 24.0 Å². The van der Waals surface area contributed by atoms with E-state index in [0.717, 1.165) is 11.8 Å². The SMILES string of the molecule is CC(=O)O[C@H]1[C@H](OC(=O)c2ccccc2)[C@@H](COC(=O)c2ccccc2)O[C@H](Br)[C@@H]1N1C(=O)c2ccccc2C1=O. The van der Waals surface area contributed by atoms with Gasteiger partial charge < -0.3 is 18.9 Å². The smallest absolute Gasteiger partial charge is 0.338 e. The molecule has 1 saturated heterocycles. The van der Waals surface area contributed by atoms with E-state index in [1.807, 2.05) is 0 Å². The van der Waals surface area contributed by atoms with Crippen LogP contribution in [-0.4, -0.2) is 70.6 Å². The summed E-state index contributed by atoms with van der Waals surface area (Å²) >= 11 is 3.39. The van der Waals surface area contributed by atoms with Crippen LogP contribution in [0.15, 0.2) is 84.9 Å². The average Bonchev–Trinajstić information content (AvgIpc) is 3.23. The number of halogens is 1. The van der Waals surface area contributed by atoms with E-state index in [2.05, 4.69) is 15.9 Å². The zero-order chi connectivity index (χ0) is 29.1. The number of esters is 3. The molecule has 0 unspecified atom stereocenters. The summed E-state index contributed by atoms with van der Waals surface area (Å²) in [5.41, 5.74) is 0.843. The van der Waals surface area contributed by atoms with Crippen molar-refractivity contribution in [2.45, 2.75) is 36.3 Å². The van der Waals surface area contributed by atoms with E-state index in [1.165, 1.54) is 24.3 Å². The molecule has 2 heterocycles. The molecule has 10 nitrogen and oxygen atoms in total. The number of benzene rings is 3. The monoisotopic (exact) mass is 621 g/mol. The first-order valence-corrected chi connectivity index (χ1v) is 13.6. The van der Waals surface area contributed by atoms with Gasteiger partial charge in [0.05, 0.1) is 22.3 Å². The highest BCUT2D eigenvalue weighted by atomic mass is 79.9. The van der Waals surface area contributed by atoms with Gasteiger partial charge >= 0.3 is 17.9 Å². The number of carbonyl (C=O) groups excluding carboxylic acids is 5. The predicted octanol–water partition coefficient (Wildman–Crippen LogP) is 3.79. The highest BCUT2D eigenvalue weighted by Crippen LogP contribution is 2.37. The first kappa shape index (κ1) is 28.2. The van der Waals surface area contributed by atoms with Crippen molar-refractivity contribution in [2.24, 2.45) is 0 Å². The molecular formula is C30H24BrNO9. The van der Waals surface area contributed by atoms with Gasteiger partial charge in [0.2, 0.25) is 0 Å². The van der Waals surface area contributed by atoms with E-state index >= 15 is 0 Å². The molecule has 1 fully saturated rings. The maximum Gasteiger partial charge on any atom is 0.338 e. The number of amides is 2. The van der Waals surface area contributed by atoms with E-state index < -0.39 is 65.7 Å². The minimum Gasteiger partial charge on any atom is -0.459 e. The Morgan fingerprint density at radius 3 is 1.80 bits per heavy atom. The van der Waals surface area contributed by atoms with E-state index in [-0.39, 0.29) is 22.3 Å². The Balaban J connectivity index is 1.49. The van der Waals surface area contributed by atoms with Crippen LogP contribution in [0, 0.1) is 0 Å². The van der Waals surface area contributed by atoms with Gasteiger partial charge in [-0.25, -0.2) is 9.59 Å². The van der Waals surface area contributed by atoms with Crippen LogP contribution in [0.3, 0.4) is 0 Å². The summed E-state index contributed by atoms with van der Waals surface area (Å²) in [5.74, 6) is -3.42. The Morgan fingerprint density at radius 1 is 0.756 bits per heavy atom. The van der Waals surface area contributed by atoms with Crippen molar-refractivity contribution < 1.29 is 42.9 Å². The summed E-state index contributed by atoms with van der Waals surface area (Å²) in [5, 5.41) is -1.08. The van der Waals surface area contributed by atoms with Crippen molar-refractivity contribution in [3.63, 3.8) is 0 Å². The molecule has 0 bridgehead atoms. The second-order valence-corrected chi connectivity index (χ2v) is 10.2. The molecule has 41 heavy (non-hydrogen) atoms. The molecule has 2 aliphatic rings. The van der Waals surface area contributed by atoms with Crippen molar-refractivity contribution in [2.75, 3.05) is 6.61 Å². The molecule has 0 radical (unpaired) electrons. The number of ether oxygens (including phenoxy) is 4. The fourth-order valence-electron chi connectivity index (χ4n) is 4.81. The fourth-order valence-corrected chi connectivity index (χ4v) is 5.62. The van der Waals surface area contributed by atoms with E-state index in [4.69, 9.17) is 18.9 Å². The molecule has 0 aromatic heterocycles. The maximum absolute atomic E-state index is 13.4. The topological polar surface area (TPSA) is 126 Å². The third-order valence-electron chi connectivity index (χ3n) is 6.67. The van der Waals surface area contributed by atoms with E-state index in [0.29, 0.717) is 0 Å². The van der Waals surface area contributed by atoms with Crippen molar-refractivity contribution >= 4 is 45.7 Å². The Bertz CT molecular complexity index is 1440. The number of rotatable bonds is 7. The lowest BCUT2D eigenvalue weighted by atomic mass is 9.96. The first-order chi connectivity index (χ1) is 19.8. The fraction of sp³-hybridized carbons (Fsp3) is 0.233. The van der Waals surface area contributed by atoms with Gasteiger partial charge in [-0.05, 0) is 36.4 Å².